The van der Waals surface area contributed by atoms with Crippen LogP contribution in [0.1, 0.15) is 38.7 Å². The predicted molar refractivity (Wildman–Crippen MR) is 142 cm³/mol. The highest BCUT2D eigenvalue weighted by atomic mass is 16.5. The van der Waals surface area contributed by atoms with Crippen molar-refractivity contribution in [3.05, 3.63) is 48.3 Å². The average Bonchev–Trinajstić information content (AvgIpc) is 3.53. The second-order valence-electron chi connectivity index (χ2n) is 11.2. The van der Waals surface area contributed by atoms with E-state index < -0.39 is 5.60 Å². The molecule has 0 unspecified atom stereocenters. The number of piperazine rings is 1. The molecule has 1 aliphatic carbocycles. The van der Waals surface area contributed by atoms with Gasteiger partial charge in [-0.05, 0) is 75.9 Å². The summed E-state index contributed by atoms with van der Waals surface area (Å²) < 4.78 is 5.88. The van der Waals surface area contributed by atoms with Gasteiger partial charge >= 0.3 is 0 Å². The number of amides is 1. The first-order chi connectivity index (χ1) is 17.8. The zero-order valence-corrected chi connectivity index (χ0v) is 21.4. The van der Waals surface area contributed by atoms with Crippen molar-refractivity contribution in [3.63, 3.8) is 0 Å². The van der Waals surface area contributed by atoms with E-state index in [1.807, 2.05) is 12.1 Å². The molecule has 0 spiro atoms. The van der Waals surface area contributed by atoms with Crippen molar-refractivity contribution in [2.24, 2.45) is 0 Å². The molecule has 1 aromatic carbocycles. The van der Waals surface area contributed by atoms with Crippen molar-refractivity contribution < 1.29 is 9.53 Å². The molecule has 1 saturated carbocycles. The summed E-state index contributed by atoms with van der Waals surface area (Å²) in [7, 11) is 0. The monoisotopic (exact) mass is 497 g/mol. The van der Waals surface area contributed by atoms with E-state index in [9.17, 15) is 4.79 Å². The average molecular weight is 498 g/mol. The molecule has 4 aliphatic rings. The first-order valence-electron chi connectivity index (χ1n) is 13.1. The van der Waals surface area contributed by atoms with Gasteiger partial charge in [0.05, 0.1) is 5.69 Å². The number of anilines is 4. The second kappa shape index (κ2) is 8.14. The van der Waals surface area contributed by atoms with Crippen LogP contribution in [-0.4, -0.2) is 62.6 Å². The Labute approximate surface area is 216 Å². The standard InChI is InChI=1S/C28H31N7O2/c1-16-10-18(4-7-23(16)35-15-20-12-21(35)14-34(20)19-5-6-19)31-27-29-9-8-22(32-27)17-11-24-25(30-13-17)33-26(36)28(2,3)37-24/h4,7-11,13,19-21H,5-6,12,14-15H2,1-3H3,(H,29,31,32)(H,30,33,36)/t20-,21-/m0/s1. The minimum atomic E-state index is -0.957. The number of hydrogen-bond donors (Lipinski definition) is 2. The highest BCUT2D eigenvalue weighted by molar-refractivity contribution is 5.99. The number of hydrogen-bond acceptors (Lipinski definition) is 8. The van der Waals surface area contributed by atoms with Crippen molar-refractivity contribution >= 4 is 29.0 Å². The maximum Gasteiger partial charge on any atom is 0.269 e. The number of fused-ring (bicyclic) bond motifs is 3. The molecule has 7 rings (SSSR count). The number of benzene rings is 1. The number of likely N-dealkylation sites (tertiary alicyclic amines) is 1. The fraction of sp³-hybridized carbons (Fsp3) is 0.429. The second-order valence-corrected chi connectivity index (χ2v) is 11.2. The maximum atomic E-state index is 12.1. The van der Waals surface area contributed by atoms with E-state index in [-0.39, 0.29) is 5.91 Å². The number of rotatable bonds is 5. The summed E-state index contributed by atoms with van der Waals surface area (Å²) >= 11 is 0. The van der Waals surface area contributed by atoms with Gasteiger partial charge in [-0.15, -0.1) is 0 Å². The number of aryl methyl sites for hydroxylation is 1. The third-order valence-electron chi connectivity index (χ3n) is 8.01. The number of nitrogens with one attached hydrogen (secondary N) is 2. The smallest absolute Gasteiger partial charge is 0.269 e. The van der Waals surface area contributed by atoms with Crippen molar-refractivity contribution in [3.8, 4) is 17.0 Å². The Morgan fingerprint density at radius 3 is 2.70 bits per heavy atom. The molecule has 2 N–H and O–H groups in total. The summed E-state index contributed by atoms with van der Waals surface area (Å²) in [6, 6.07) is 12.4. The van der Waals surface area contributed by atoms with E-state index in [0.717, 1.165) is 29.9 Å². The number of pyridine rings is 1. The Morgan fingerprint density at radius 2 is 1.95 bits per heavy atom. The van der Waals surface area contributed by atoms with Crippen LogP contribution in [0.4, 0.5) is 23.1 Å². The van der Waals surface area contributed by atoms with Crippen molar-refractivity contribution in [1.82, 2.24) is 19.9 Å². The lowest BCUT2D eigenvalue weighted by molar-refractivity contribution is -0.129. The Balaban J connectivity index is 1.08. The van der Waals surface area contributed by atoms with Crippen LogP contribution in [0.3, 0.4) is 0 Å². The lowest BCUT2D eigenvalue weighted by Crippen LogP contribution is -2.47. The fourth-order valence-corrected chi connectivity index (χ4v) is 5.95. The maximum absolute atomic E-state index is 12.1. The molecule has 3 aromatic rings. The molecule has 0 radical (unpaired) electrons. The van der Waals surface area contributed by atoms with Crippen molar-refractivity contribution in [1.29, 1.82) is 0 Å². The van der Waals surface area contributed by atoms with Crippen LogP contribution in [-0.2, 0) is 4.79 Å². The summed E-state index contributed by atoms with van der Waals surface area (Å²) in [5, 5.41) is 6.16. The molecular weight excluding hydrogens is 466 g/mol. The molecule has 9 nitrogen and oxygen atoms in total. The summed E-state index contributed by atoms with van der Waals surface area (Å²) in [4.78, 5) is 31.0. The molecule has 190 valence electrons. The number of aromatic nitrogens is 3. The molecule has 2 atom stereocenters. The molecule has 3 fully saturated rings. The van der Waals surface area contributed by atoms with Crippen molar-refractivity contribution in [2.75, 3.05) is 28.6 Å². The number of nitrogens with zero attached hydrogens (tertiary/aromatic N) is 5. The predicted octanol–water partition coefficient (Wildman–Crippen LogP) is 4.13. The fourth-order valence-electron chi connectivity index (χ4n) is 5.95. The SMILES string of the molecule is Cc1cc(Nc2nccc(-c3cnc4c(c3)OC(C)(C)C(=O)N4)n2)ccc1N1C[C@@H]2C[C@H]1CN2C1CC1. The minimum Gasteiger partial charge on any atom is -0.474 e. The summed E-state index contributed by atoms with van der Waals surface area (Å²) in [5.74, 6) is 1.24. The van der Waals surface area contributed by atoms with E-state index in [1.54, 1.807) is 26.2 Å². The highest BCUT2D eigenvalue weighted by Gasteiger charge is 2.48. The first-order valence-corrected chi connectivity index (χ1v) is 13.1. The van der Waals surface area contributed by atoms with Gasteiger partial charge < -0.3 is 20.3 Å². The number of ether oxygens (including phenoxy) is 1. The van der Waals surface area contributed by atoms with Gasteiger partial charge in [0.25, 0.3) is 5.91 Å². The topological polar surface area (TPSA) is 95.5 Å². The van der Waals surface area contributed by atoms with Gasteiger partial charge in [0.15, 0.2) is 17.2 Å². The van der Waals surface area contributed by atoms with Crippen LogP contribution in [0.15, 0.2) is 42.7 Å². The molecule has 2 aromatic heterocycles. The number of carbonyl (C=O) groups is 1. The van der Waals surface area contributed by atoms with E-state index in [1.165, 1.54) is 37.1 Å². The molecule has 9 heteroatoms. The summed E-state index contributed by atoms with van der Waals surface area (Å²) in [5.41, 5.74) is 4.09. The molecule has 3 aliphatic heterocycles. The van der Waals surface area contributed by atoms with E-state index in [4.69, 9.17) is 9.72 Å². The Hall–Kier alpha value is -3.72. The summed E-state index contributed by atoms with van der Waals surface area (Å²) in [6.45, 7) is 7.99. The van der Waals surface area contributed by atoms with Gasteiger partial charge in [-0.1, -0.05) is 0 Å². The lowest BCUT2D eigenvalue weighted by atomic mass is 10.1. The Morgan fingerprint density at radius 1 is 1.08 bits per heavy atom. The largest absolute Gasteiger partial charge is 0.474 e. The number of carbonyl (C=O) groups excluding carboxylic acids is 1. The zero-order valence-electron chi connectivity index (χ0n) is 21.4. The molecule has 5 heterocycles. The molecule has 2 saturated heterocycles. The van der Waals surface area contributed by atoms with Gasteiger partial charge in [0, 0.05) is 60.5 Å². The van der Waals surface area contributed by atoms with Gasteiger partial charge in [-0.25, -0.2) is 15.0 Å². The highest BCUT2D eigenvalue weighted by Crippen LogP contribution is 2.42. The zero-order chi connectivity index (χ0) is 25.3. The van der Waals surface area contributed by atoms with Crippen molar-refractivity contribution in [2.45, 2.75) is 63.8 Å². The van der Waals surface area contributed by atoms with Gasteiger partial charge in [0.2, 0.25) is 5.95 Å². The van der Waals surface area contributed by atoms with Crippen LogP contribution < -0.4 is 20.3 Å². The minimum absolute atomic E-state index is 0.215. The molecular formula is C28H31N7O2. The van der Waals surface area contributed by atoms with Crippen LogP contribution in [0.5, 0.6) is 5.75 Å². The lowest BCUT2D eigenvalue weighted by Gasteiger charge is -2.36. The first kappa shape index (κ1) is 22.5. The normalized spacial score (nSPS) is 24.0. The third kappa shape index (κ3) is 3.98. The molecule has 1 amide bonds. The van der Waals surface area contributed by atoms with E-state index >= 15 is 0 Å². The summed E-state index contributed by atoms with van der Waals surface area (Å²) in [6.07, 6.45) is 7.48. The molecule has 37 heavy (non-hydrogen) atoms. The van der Waals surface area contributed by atoms with Gasteiger partial charge in [0.1, 0.15) is 0 Å². The van der Waals surface area contributed by atoms with Gasteiger partial charge in [-0.3, -0.25) is 9.69 Å². The Kier molecular flexibility index (Phi) is 4.95. The van der Waals surface area contributed by atoms with Crippen LogP contribution in [0.2, 0.25) is 0 Å². The van der Waals surface area contributed by atoms with Crippen LogP contribution in [0, 0.1) is 6.92 Å². The van der Waals surface area contributed by atoms with E-state index in [2.05, 4.69) is 55.5 Å². The quantitative estimate of drug-likeness (QED) is 0.544. The van der Waals surface area contributed by atoms with Crippen LogP contribution in [0.25, 0.3) is 11.3 Å². The van der Waals surface area contributed by atoms with Crippen LogP contribution >= 0.6 is 0 Å². The van der Waals surface area contributed by atoms with Gasteiger partial charge in [-0.2, -0.15) is 0 Å². The molecule has 2 bridgehead atoms. The Bertz CT molecular complexity index is 1400. The van der Waals surface area contributed by atoms with E-state index in [0.29, 0.717) is 29.3 Å². The third-order valence-corrected chi connectivity index (χ3v) is 8.01.